The van der Waals surface area contributed by atoms with Crippen LogP contribution in [0.1, 0.15) is 47.3 Å². The zero-order valence-corrected chi connectivity index (χ0v) is 26.5. The molecule has 0 bridgehead atoms. The summed E-state index contributed by atoms with van der Waals surface area (Å²) in [4.78, 5) is 34.7. The number of benzene rings is 4. The smallest absolute Gasteiger partial charge is 0.254 e. The Labute approximate surface area is 261 Å². The van der Waals surface area contributed by atoms with Crippen LogP contribution >= 0.6 is 0 Å². The number of aryl methyl sites for hydroxylation is 1. The lowest BCUT2D eigenvalue weighted by atomic mass is 10.0. The highest BCUT2D eigenvalue weighted by Gasteiger charge is 2.27. The van der Waals surface area contributed by atoms with Gasteiger partial charge in [0.1, 0.15) is 11.5 Å². The van der Waals surface area contributed by atoms with Crippen LogP contribution in [0.15, 0.2) is 78.9 Å². The minimum Gasteiger partial charge on any atom is -0.497 e. The zero-order chi connectivity index (χ0) is 31.2. The highest BCUT2D eigenvalue weighted by Crippen LogP contribution is 2.32. The zero-order valence-electron chi connectivity index (χ0n) is 26.5. The Kier molecular flexibility index (Phi) is 9.85. The highest BCUT2D eigenvalue weighted by molar-refractivity contribution is 6.08. The van der Waals surface area contributed by atoms with Gasteiger partial charge in [-0.15, -0.1) is 0 Å². The molecule has 1 aliphatic rings. The molecule has 1 heterocycles. The van der Waals surface area contributed by atoms with E-state index in [1.807, 2.05) is 76.5 Å². The standard InChI is InChI=1S/C37H43N3O4/c1-26(2)38-20-9-21-40(35(41)24-28-14-16-30(43-4)17-15-28)36-27(3)10-8-11-29(36)25-39(23-22-38)37(42)33-18-19-34(44-5)32-13-7-6-12-31(32)33/h6-8,10-19,26H,9,20-25H2,1-5H3. The highest BCUT2D eigenvalue weighted by atomic mass is 16.5. The first-order chi connectivity index (χ1) is 21.3. The molecule has 0 unspecified atom stereocenters. The molecular formula is C37H43N3O4. The number of hydrogen-bond donors (Lipinski definition) is 0. The Hall–Kier alpha value is -4.36. The Bertz CT molecular complexity index is 1620. The van der Waals surface area contributed by atoms with Crippen molar-refractivity contribution >= 4 is 28.3 Å². The van der Waals surface area contributed by atoms with Crippen molar-refractivity contribution in [1.82, 2.24) is 9.80 Å². The van der Waals surface area contributed by atoms with Gasteiger partial charge in [-0.05, 0) is 73.5 Å². The molecule has 0 saturated carbocycles. The molecule has 0 N–H and O–H groups in total. The van der Waals surface area contributed by atoms with Gasteiger partial charge < -0.3 is 19.3 Å². The minimum atomic E-state index is -0.0321. The third kappa shape index (κ3) is 6.73. The van der Waals surface area contributed by atoms with Gasteiger partial charge >= 0.3 is 0 Å². The lowest BCUT2D eigenvalue weighted by Crippen LogP contribution is -2.41. The van der Waals surface area contributed by atoms with E-state index in [2.05, 4.69) is 37.8 Å². The average molecular weight is 594 g/mol. The Morgan fingerprint density at radius 3 is 2.25 bits per heavy atom. The first kappa shape index (κ1) is 31.1. The fourth-order valence-corrected chi connectivity index (χ4v) is 6.18. The number of amides is 2. The summed E-state index contributed by atoms with van der Waals surface area (Å²) in [5.74, 6) is 1.52. The lowest BCUT2D eigenvalue weighted by molar-refractivity contribution is -0.118. The minimum absolute atomic E-state index is 0.0321. The monoisotopic (exact) mass is 593 g/mol. The molecule has 0 aromatic heterocycles. The molecule has 7 heteroatoms. The van der Waals surface area contributed by atoms with Gasteiger partial charge in [0.2, 0.25) is 5.91 Å². The lowest BCUT2D eigenvalue weighted by Gasteiger charge is -2.30. The normalized spacial score (nSPS) is 14.7. The molecule has 44 heavy (non-hydrogen) atoms. The van der Waals surface area contributed by atoms with Crippen molar-refractivity contribution in [3.63, 3.8) is 0 Å². The van der Waals surface area contributed by atoms with Gasteiger partial charge in [0.25, 0.3) is 5.91 Å². The Morgan fingerprint density at radius 2 is 1.55 bits per heavy atom. The summed E-state index contributed by atoms with van der Waals surface area (Å²) in [5.41, 5.74) is 4.48. The van der Waals surface area contributed by atoms with Gasteiger partial charge in [0, 0.05) is 49.7 Å². The van der Waals surface area contributed by atoms with Crippen LogP contribution in [0.25, 0.3) is 10.8 Å². The number of para-hydroxylation sites is 1. The number of nitrogens with zero attached hydrogens (tertiary/aromatic N) is 3. The molecule has 0 saturated heterocycles. The molecule has 4 aromatic carbocycles. The third-order valence-electron chi connectivity index (χ3n) is 8.60. The number of fused-ring (bicyclic) bond motifs is 2. The van der Waals surface area contributed by atoms with E-state index in [0.717, 1.165) is 64.2 Å². The maximum absolute atomic E-state index is 14.4. The molecule has 2 amide bonds. The maximum Gasteiger partial charge on any atom is 0.254 e. The van der Waals surface area contributed by atoms with Crippen LogP contribution in [-0.2, 0) is 17.8 Å². The SMILES string of the molecule is COc1ccc(CC(=O)N2CCCN(C(C)C)CCN(C(=O)c3ccc(OC)c4ccccc34)Cc3cccc(C)c32)cc1. The second kappa shape index (κ2) is 14.0. The molecule has 1 aliphatic heterocycles. The molecule has 0 aliphatic carbocycles. The molecule has 0 radical (unpaired) electrons. The molecule has 7 nitrogen and oxygen atoms in total. The number of carbonyl (C=O) groups is 2. The van der Waals surface area contributed by atoms with Gasteiger partial charge in [0.05, 0.1) is 26.3 Å². The summed E-state index contributed by atoms with van der Waals surface area (Å²) in [6.45, 7) is 9.58. The van der Waals surface area contributed by atoms with E-state index in [9.17, 15) is 9.59 Å². The predicted molar refractivity (Wildman–Crippen MR) is 177 cm³/mol. The molecule has 0 spiro atoms. The summed E-state index contributed by atoms with van der Waals surface area (Å²) < 4.78 is 10.9. The summed E-state index contributed by atoms with van der Waals surface area (Å²) in [6.07, 6.45) is 1.11. The van der Waals surface area contributed by atoms with Crippen molar-refractivity contribution in [2.75, 3.05) is 45.3 Å². The molecule has 5 rings (SSSR count). The number of rotatable bonds is 6. The van der Waals surface area contributed by atoms with Crippen LogP contribution in [0.5, 0.6) is 11.5 Å². The van der Waals surface area contributed by atoms with Gasteiger partial charge in [-0.25, -0.2) is 0 Å². The largest absolute Gasteiger partial charge is 0.497 e. The van der Waals surface area contributed by atoms with E-state index >= 15 is 0 Å². The number of ether oxygens (including phenoxy) is 2. The molecule has 230 valence electrons. The van der Waals surface area contributed by atoms with Crippen molar-refractivity contribution in [2.24, 2.45) is 0 Å². The van der Waals surface area contributed by atoms with E-state index in [1.54, 1.807) is 14.2 Å². The van der Waals surface area contributed by atoms with Crippen LogP contribution in [-0.4, -0.2) is 68.1 Å². The van der Waals surface area contributed by atoms with Crippen molar-refractivity contribution in [2.45, 2.75) is 46.2 Å². The van der Waals surface area contributed by atoms with Gasteiger partial charge in [-0.3, -0.25) is 14.5 Å². The number of hydrogen-bond acceptors (Lipinski definition) is 5. The first-order valence-electron chi connectivity index (χ1n) is 15.4. The molecular weight excluding hydrogens is 550 g/mol. The molecule has 4 aromatic rings. The third-order valence-corrected chi connectivity index (χ3v) is 8.60. The number of methoxy groups -OCH3 is 2. The fraction of sp³-hybridized carbons (Fsp3) is 0.351. The second-order valence-corrected chi connectivity index (χ2v) is 11.7. The van der Waals surface area contributed by atoms with E-state index in [-0.39, 0.29) is 18.2 Å². The Morgan fingerprint density at radius 1 is 0.795 bits per heavy atom. The van der Waals surface area contributed by atoms with E-state index < -0.39 is 0 Å². The fourth-order valence-electron chi connectivity index (χ4n) is 6.18. The topological polar surface area (TPSA) is 62.3 Å². The van der Waals surface area contributed by atoms with Gasteiger partial charge in [-0.2, -0.15) is 0 Å². The van der Waals surface area contributed by atoms with Gasteiger partial charge in [0.15, 0.2) is 0 Å². The summed E-state index contributed by atoms with van der Waals surface area (Å²) in [7, 11) is 3.29. The molecule has 0 atom stereocenters. The average Bonchev–Trinajstić information content (AvgIpc) is 3.07. The van der Waals surface area contributed by atoms with Crippen LogP contribution in [0.4, 0.5) is 5.69 Å². The predicted octanol–water partition coefficient (Wildman–Crippen LogP) is 6.50. The second-order valence-electron chi connectivity index (χ2n) is 11.7. The van der Waals surface area contributed by atoms with Crippen LogP contribution < -0.4 is 14.4 Å². The summed E-state index contributed by atoms with van der Waals surface area (Å²) in [5, 5.41) is 1.78. The number of anilines is 1. The van der Waals surface area contributed by atoms with Crippen LogP contribution in [0, 0.1) is 6.92 Å². The van der Waals surface area contributed by atoms with Crippen molar-refractivity contribution < 1.29 is 19.1 Å². The summed E-state index contributed by atoms with van der Waals surface area (Å²) in [6, 6.07) is 25.7. The summed E-state index contributed by atoms with van der Waals surface area (Å²) >= 11 is 0. The van der Waals surface area contributed by atoms with Crippen molar-refractivity contribution in [3.8, 4) is 11.5 Å². The van der Waals surface area contributed by atoms with Crippen molar-refractivity contribution in [3.05, 3.63) is 101 Å². The quantitative estimate of drug-likeness (QED) is 0.256. The van der Waals surface area contributed by atoms with E-state index in [0.29, 0.717) is 31.2 Å². The molecule has 0 fully saturated rings. The van der Waals surface area contributed by atoms with E-state index in [4.69, 9.17) is 9.47 Å². The van der Waals surface area contributed by atoms with Gasteiger partial charge in [-0.1, -0.05) is 54.6 Å². The van der Waals surface area contributed by atoms with Crippen molar-refractivity contribution in [1.29, 1.82) is 0 Å². The van der Waals surface area contributed by atoms with Crippen LogP contribution in [0.3, 0.4) is 0 Å². The maximum atomic E-state index is 14.4. The first-order valence-corrected chi connectivity index (χ1v) is 15.4. The van der Waals surface area contributed by atoms with E-state index in [1.165, 1.54) is 0 Å². The Balaban J connectivity index is 1.54. The number of carbonyl (C=O) groups excluding carboxylic acids is 2. The van der Waals surface area contributed by atoms with Crippen LogP contribution in [0.2, 0.25) is 0 Å².